The molecule has 32 heavy (non-hydrogen) atoms. The number of carbonyl (C=O) groups excluding carboxylic acids is 2. The number of halogens is 1. The number of fused-ring (bicyclic) bond motifs is 1. The third-order valence-corrected chi connectivity index (χ3v) is 5.92. The normalized spacial score (nSPS) is 14.3. The van der Waals surface area contributed by atoms with Crippen LogP contribution >= 0.6 is 15.9 Å². The van der Waals surface area contributed by atoms with E-state index in [-0.39, 0.29) is 29.7 Å². The van der Waals surface area contributed by atoms with Crippen LogP contribution in [0.25, 0.3) is 0 Å². The summed E-state index contributed by atoms with van der Waals surface area (Å²) in [7, 11) is 0. The zero-order valence-corrected chi connectivity index (χ0v) is 18.4. The van der Waals surface area contributed by atoms with Gasteiger partial charge in [0.15, 0.2) is 0 Å². The first kappa shape index (κ1) is 21.5. The highest BCUT2D eigenvalue weighted by molar-refractivity contribution is 9.10. The number of phenolic OH excluding ortho intramolecular Hbond substituents is 1. The molecule has 0 saturated heterocycles. The van der Waals surface area contributed by atoms with Crippen molar-refractivity contribution < 1.29 is 14.7 Å². The number of hydrogen-bond donors (Lipinski definition) is 3. The zero-order valence-electron chi connectivity index (χ0n) is 16.8. The van der Waals surface area contributed by atoms with E-state index in [1.807, 2.05) is 12.1 Å². The van der Waals surface area contributed by atoms with Gasteiger partial charge in [0.2, 0.25) is 0 Å². The van der Waals surface area contributed by atoms with Gasteiger partial charge in [-0.1, -0.05) is 12.1 Å². The molecule has 2 amide bonds. The van der Waals surface area contributed by atoms with Gasteiger partial charge < -0.3 is 15.7 Å². The Balaban J connectivity index is 1.41. The van der Waals surface area contributed by atoms with Gasteiger partial charge in [-0.2, -0.15) is 5.26 Å². The molecule has 2 aromatic carbocycles. The molecule has 3 N–H and O–H groups in total. The smallest absolute Gasteiger partial charge is 0.270 e. The van der Waals surface area contributed by atoms with Crippen LogP contribution in [0.2, 0.25) is 0 Å². The Morgan fingerprint density at radius 3 is 2.66 bits per heavy atom. The van der Waals surface area contributed by atoms with Crippen molar-refractivity contribution in [2.45, 2.75) is 25.4 Å². The van der Waals surface area contributed by atoms with Crippen LogP contribution in [0.15, 0.2) is 53.3 Å². The molecule has 9 heteroatoms. The van der Waals surface area contributed by atoms with Crippen molar-refractivity contribution >= 4 is 27.7 Å². The van der Waals surface area contributed by atoms with Crippen molar-refractivity contribution in [1.82, 2.24) is 20.6 Å². The molecule has 3 aromatic rings. The Hall–Kier alpha value is -3.77. The van der Waals surface area contributed by atoms with Crippen LogP contribution in [0.4, 0.5) is 0 Å². The lowest BCUT2D eigenvalue weighted by atomic mass is 10.1. The Kier molecular flexibility index (Phi) is 6.14. The monoisotopic (exact) mass is 491 g/mol. The molecule has 1 aliphatic rings. The minimum atomic E-state index is -0.459. The van der Waals surface area contributed by atoms with Crippen LogP contribution in [-0.2, 0) is 13.0 Å². The predicted molar refractivity (Wildman–Crippen MR) is 119 cm³/mol. The van der Waals surface area contributed by atoms with Crippen molar-refractivity contribution in [2.24, 2.45) is 0 Å². The number of aromatic hydroxyl groups is 1. The lowest BCUT2D eigenvalue weighted by Crippen LogP contribution is -2.29. The van der Waals surface area contributed by atoms with Crippen molar-refractivity contribution in [3.8, 4) is 11.8 Å². The summed E-state index contributed by atoms with van der Waals surface area (Å²) in [5, 5.41) is 24.5. The zero-order chi connectivity index (χ0) is 22.7. The quantitative estimate of drug-likeness (QED) is 0.502. The van der Waals surface area contributed by atoms with Crippen molar-refractivity contribution in [2.75, 3.05) is 0 Å². The second kappa shape index (κ2) is 9.16. The second-order valence-electron chi connectivity index (χ2n) is 7.35. The van der Waals surface area contributed by atoms with Crippen molar-refractivity contribution in [3.63, 3.8) is 0 Å². The largest absolute Gasteiger partial charge is 0.507 e. The average molecular weight is 492 g/mol. The number of nitrogens with one attached hydrogen (secondary N) is 2. The highest BCUT2D eigenvalue weighted by Crippen LogP contribution is 2.31. The summed E-state index contributed by atoms with van der Waals surface area (Å²) in [5.41, 5.74) is 3.51. The van der Waals surface area contributed by atoms with Gasteiger partial charge in [0, 0.05) is 12.6 Å². The number of amides is 2. The standard InChI is InChI=1S/C23H18BrN5O3/c24-17-5-2-14(8-21(17)30)11-26-22(31)19-9-20(28-12-27-19)23(32)29-18-6-3-15-7-13(10-25)1-4-16(15)18/h1-2,4-5,7-9,12,18,30H,3,6,11H2,(H,26,31)(H,29,32)/t18-/m1/s1. The lowest BCUT2D eigenvalue weighted by Gasteiger charge is -2.14. The average Bonchev–Trinajstić information content (AvgIpc) is 3.21. The van der Waals surface area contributed by atoms with Crippen LogP contribution in [0.5, 0.6) is 5.75 Å². The number of carbonyl (C=O) groups is 2. The van der Waals surface area contributed by atoms with Crippen LogP contribution in [0.3, 0.4) is 0 Å². The van der Waals surface area contributed by atoms with Gasteiger partial charge in [-0.15, -0.1) is 0 Å². The number of nitrogens with zero attached hydrogens (tertiary/aromatic N) is 3. The summed E-state index contributed by atoms with van der Waals surface area (Å²) in [6.45, 7) is 0.189. The fourth-order valence-electron chi connectivity index (χ4n) is 3.62. The third kappa shape index (κ3) is 4.60. The number of aryl methyl sites for hydroxylation is 1. The molecule has 0 aliphatic heterocycles. The summed E-state index contributed by atoms with van der Waals surface area (Å²) >= 11 is 3.21. The van der Waals surface area contributed by atoms with Gasteiger partial charge in [-0.25, -0.2) is 9.97 Å². The Morgan fingerprint density at radius 1 is 1.12 bits per heavy atom. The van der Waals surface area contributed by atoms with Crippen molar-refractivity contribution in [3.05, 3.63) is 86.9 Å². The van der Waals surface area contributed by atoms with E-state index in [0.717, 1.165) is 24.0 Å². The molecule has 1 heterocycles. The van der Waals surface area contributed by atoms with E-state index in [4.69, 9.17) is 5.26 Å². The van der Waals surface area contributed by atoms with E-state index in [9.17, 15) is 14.7 Å². The van der Waals surface area contributed by atoms with E-state index < -0.39 is 11.8 Å². The molecule has 0 saturated carbocycles. The molecule has 8 nitrogen and oxygen atoms in total. The molecule has 4 rings (SSSR count). The fraction of sp³-hybridized carbons (Fsp3) is 0.174. The van der Waals surface area contributed by atoms with E-state index >= 15 is 0 Å². The van der Waals surface area contributed by atoms with Gasteiger partial charge in [0.05, 0.1) is 22.1 Å². The molecule has 1 aliphatic carbocycles. The number of aromatic nitrogens is 2. The molecule has 0 fully saturated rings. The summed E-state index contributed by atoms with van der Waals surface area (Å²) in [6.07, 6.45) is 2.68. The molecule has 0 radical (unpaired) electrons. The summed E-state index contributed by atoms with van der Waals surface area (Å²) in [6, 6.07) is 13.7. The van der Waals surface area contributed by atoms with Crippen LogP contribution < -0.4 is 10.6 Å². The number of phenols is 1. The molecule has 1 atom stereocenters. The number of nitriles is 1. The van der Waals surface area contributed by atoms with Crippen molar-refractivity contribution in [1.29, 1.82) is 5.26 Å². The first-order valence-corrected chi connectivity index (χ1v) is 10.7. The number of rotatable bonds is 5. The first-order chi connectivity index (χ1) is 15.4. The van der Waals surface area contributed by atoms with Gasteiger partial charge in [-0.3, -0.25) is 9.59 Å². The highest BCUT2D eigenvalue weighted by Gasteiger charge is 2.25. The SMILES string of the molecule is N#Cc1ccc2c(c1)CC[C@H]2NC(=O)c1cc(C(=O)NCc2ccc(Br)c(O)c2)ncn1. The Labute approximate surface area is 192 Å². The molecule has 0 spiro atoms. The van der Waals surface area contributed by atoms with Crippen LogP contribution in [-0.4, -0.2) is 26.9 Å². The highest BCUT2D eigenvalue weighted by atomic mass is 79.9. The maximum atomic E-state index is 12.7. The predicted octanol–water partition coefficient (Wildman–Crippen LogP) is 3.16. The number of hydrogen-bond acceptors (Lipinski definition) is 6. The first-order valence-electron chi connectivity index (χ1n) is 9.86. The van der Waals surface area contributed by atoms with Crippen LogP contribution in [0.1, 0.15) is 55.7 Å². The third-order valence-electron chi connectivity index (χ3n) is 5.25. The van der Waals surface area contributed by atoms with Gasteiger partial charge in [-0.05, 0) is 69.7 Å². The second-order valence-corrected chi connectivity index (χ2v) is 8.20. The van der Waals surface area contributed by atoms with Gasteiger partial charge >= 0.3 is 0 Å². The Morgan fingerprint density at radius 2 is 1.91 bits per heavy atom. The topological polar surface area (TPSA) is 128 Å². The van der Waals surface area contributed by atoms with Crippen LogP contribution in [0, 0.1) is 11.3 Å². The Bertz CT molecular complexity index is 1250. The van der Waals surface area contributed by atoms with E-state index in [1.165, 1.54) is 12.4 Å². The van der Waals surface area contributed by atoms with Gasteiger partial charge in [0.1, 0.15) is 23.5 Å². The minimum Gasteiger partial charge on any atom is -0.507 e. The molecular weight excluding hydrogens is 474 g/mol. The van der Waals surface area contributed by atoms with E-state index in [0.29, 0.717) is 15.6 Å². The number of benzene rings is 2. The molecule has 0 bridgehead atoms. The van der Waals surface area contributed by atoms with E-state index in [1.54, 1.807) is 24.3 Å². The molecule has 0 unspecified atom stereocenters. The fourth-order valence-corrected chi connectivity index (χ4v) is 3.86. The summed E-state index contributed by atoms with van der Waals surface area (Å²) in [5.74, 6) is -0.782. The van der Waals surface area contributed by atoms with E-state index in [2.05, 4.69) is 42.6 Å². The van der Waals surface area contributed by atoms with Gasteiger partial charge in [0.25, 0.3) is 11.8 Å². The molecule has 160 valence electrons. The summed E-state index contributed by atoms with van der Waals surface area (Å²) < 4.78 is 0.564. The summed E-state index contributed by atoms with van der Waals surface area (Å²) in [4.78, 5) is 33.2. The minimum absolute atomic E-state index is 0.0666. The molecular formula is C23H18BrN5O3. The molecule has 1 aromatic heterocycles. The lowest BCUT2D eigenvalue weighted by molar-refractivity contribution is 0.0931. The maximum absolute atomic E-state index is 12.7. The maximum Gasteiger partial charge on any atom is 0.270 e.